The summed E-state index contributed by atoms with van der Waals surface area (Å²) in [5.74, 6) is -4.93. The Bertz CT molecular complexity index is 3520. The summed E-state index contributed by atoms with van der Waals surface area (Å²) >= 11 is 4.38. The number of thioether (sulfide) groups is 3. The van der Waals surface area contributed by atoms with Crippen LogP contribution >= 0.6 is 35.3 Å². The molecule has 7 atom stereocenters. The average Bonchev–Trinajstić information content (AvgIpc) is 0.779. The van der Waals surface area contributed by atoms with Gasteiger partial charge in [-0.3, -0.25) is 28.8 Å². The zero-order valence-corrected chi connectivity index (χ0v) is 56.4. The van der Waals surface area contributed by atoms with Gasteiger partial charge in [0, 0.05) is 17.3 Å². The predicted molar refractivity (Wildman–Crippen MR) is 387 cm³/mol. The lowest BCUT2D eigenvalue weighted by atomic mass is 9.84. The summed E-state index contributed by atoms with van der Waals surface area (Å²) in [7, 11) is 0. The molecule has 486 valence electrons. The first kappa shape index (κ1) is 68.7. The van der Waals surface area contributed by atoms with Crippen molar-refractivity contribution in [1.29, 1.82) is 0 Å². The van der Waals surface area contributed by atoms with Crippen LogP contribution in [0.3, 0.4) is 0 Å². The number of benzene rings is 9. The van der Waals surface area contributed by atoms with Crippen molar-refractivity contribution >= 4 is 70.7 Å². The molecule has 6 N–H and O–H groups in total. The number of hydrogen-bond acceptors (Lipinski definition) is 9. The maximum Gasteiger partial charge on any atom is 0.244 e. The topological polar surface area (TPSA) is 175 Å². The summed E-state index contributed by atoms with van der Waals surface area (Å²) in [5.41, 5.74) is 8.33. The normalized spacial score (nSPS) is 18.6. The van der Waals surface area contributed by atoms with Gasteiger partial charge in [0.1, 0.15) is 30.2 Å². The smallest absolute Gasteiger partial charge is 0.244 e. The minimum absolute atomic E-state index is 0.0197. The number of amides is 6. The number of rotatable bonds is 22. The standard InChI is InChI=1S/C80H82N6O6S3/c1-5-56(3)71-76(91)83-67(53-93-78(58-34-16-7-17-35-58,59-36-18-8-19-37-59)60-38-20-9-21-39-60)73(88)81-52-70(87)82-68(54-94-79(61-40-22-10-23-41-61,62-42-24-11-25-43-62)63-44-26-12-27-45-63)74(89)85-72(57(4)6-2)77(92)84-69(75(90)86-71)55-95-80(64-46-28-13-29-47-64,65-48-30-14-31-49-65)66-50-32-15-33-51-66/h7-51,56-57,67-69,71-72H,5-6,52-55H2,1-4H3,(H,81,88)(H,82,87)(H,83,91)(H,84,92)(H,85,89)(H,86,90)/t56-,57-,67-,68-,69-,71-,72-/m0/s1. The van der Waals surface area contributed by atoms with Gasteiger partial charge in [0.2, 0.25) is 35.4 Å². The maximum absolute atomic E-state index is 15.8. The molecular weight excluding hydrogens is 1240 g/mol. The van der Waals surface area contributed by atoms with Crippen LogP contribution in [-0.2, 0) is 43.0 Å². The Kier molecular flexibility index (Phi) is 23.7. The van der Waals surface area contributed by atoms with Crippen LogP contribution in [0, 0.1) is 11.8 Å². The largest absolute Gasteiger partial charge is 0.345 e. The molecule has 1 fully saturated rings. The maximum atomic E-state index is 15.8. The third kappa shape index (κ3) is 15.8. The van der Waals surface area contributed by atoms with Crippen LogP contribution in [-0.4, -0.2) is 89.5 Å². The Balaban J connectivity index is 1.08. The molecule has 6 amide bonds. The highest BCUT2D eigenvalue weighted by atomic mass is 32.2. The second kappa shape index (κ2) is 32.8. The summed E-state index contributed by atoms with van der Waals surface area (Å²) in [4.78, 5) is 92.8. The van der Waals surface area contributed by atoms with Crippen molar-refractivity contribution in [1.82, 2.24) is 31.9 Å². The zero-order valence-electron chi connectivity index (χ0n) is 53.9. The molecule has 0 saturated carbocycles. The molecule has 12 nitrogen and oxygen atoms in total. The van der Waals surface area contributed by atoms with E-state index in [1.807, 2.05) is 264 Å². The van der Waals surface area contributed by atoms with Gasteiger partial charge in [-0.25, -0.2) is 0 Å². The summed E-state index contributed by atoms with van der Waals surface area (Å²) in [6.45, 7) is 6.97. The number of nitrogens with one attached hydrogen (secondary N) is 6. The second-order valence-electron chi connectivity index (χ2n) is 24.0. The first-order valence-corrected chi connectivity index (χ1v) is 35.5. The fraction of sp³-hybridized carbons (Fsp3) is 0.250. The van der Waals surface area contributed by atoms with Crippen molar-refractivity contribution in [3.63, 3.8) is 0 Å². The van der Waals surface area contributed by atoms with Gasteiger partial charge in [-0.15, -0.1) is 35.3 Å². The van der Waals surface area contributed by atoms with E-state index >= 15 is 24.0 Å². The molecule has 15 heteroatoms. The number of hydrogen-bond donors (Lipinski definition) is 6. The van der Waals surface area contributed by atoms with E-state index < -0.39 is 98.3 Å². The van der Waals surface area contributed by atoms with Crippen LogP contribution in [0.25, 0.3) is 0 Å². The van der Waals surface area contributed by atoms with Crippen LogP contribution in [0.15, 0.2) is 273 Å². The van der Waals surface area contributed by atoms with Crippen molar-refractivity contribution in [3.8, 4) is 0 Å². The Morgan fingerprint density at radius 3 is 0.737 bits per heavy atom. The van der Waals surface area contributed by atoms with E-state index in [0.717, 1.165) is 50.1 Å². The minimum Gasteiger partial charge on any atom is -0.345 e. The molecule has 0 aromatic heterocycles. The van der Waals surface area contributed by atoms with Gasteiger partial charge in [0.05, 0.1) is 20.8 Å². The Labute approximate surface area is 571 Å². The van der Waals surface area contributed by atoms with Crippen LogP contribution in [0.5, 0.6) is 0 Å². The number of carbonyl (C=O) groups excluding carboxylic acids is 6. The van der Waals surface area contributed by atoms with Gasteiger partial charge in [-0.2, -0.15) is 0 Å². The molecule has 0 aliphatic carbocycles. The van der Waals surface area contributed by atoms with Gasteiger partial charge in [0.15, 0.2) is 0 Å². The SMILES string of the molecule is CC[C@H](C)[C@@H]1NC(=O)[C@H](CSC(c2ccccc2)(c2ccccc2)c2ccccc2)NC(=O)[C@H]([C@@H](C)CC)NC(=O)[C@H](CSC(c2ccccc2)(c2ccccc2)c2ccccc2)NC(=O)CNC(=O)[C@H](CSC(c2ccccc2)(c2ccccc2)c2ccccc2)NC1=O. The summed E-state index contributed by atoms with van der Waals surface area (Å²) in [6, 6.07) is 83.6. The minimum atomic E-state index is -1.32. The predicted octanol–water partition coefficient (Wildman–Crippen LogP) is 12.8. The summed E-state index contributed by atoms with van der Waals surface area (Å²) < 4.78 is -2.80. The van der Waals surface area contributed by atoms with E-state index in [-0.39, 0.29) is 17.3 Å². The zero-order chi connectivity index (χ0) is 66.6. The van der Waals surface area contributed by atoms with Crippen LogP contribution in [0.1, 0.15) is 90.6 Å². The molecule has 0 bridgehead atoms. The second-order valence-corrected chi connectivity index (χ2v) is 27.7. The van der Waals surface area contributed by atoms with Gasteiger partial charge >= 0.3 is 0 Å². The lowest BCUT2D eigenvalue weighted by Crippen LogP contribution is -2.62. The highest BCUT2D eigenvalue weighted by molar-refractivity contribution is 8.01. The Morgan fingerprint density at radius 1 is 0.305 bits per heavy atom. The molecule has 1 saturated heterocycles. The van der Waals surface area contributed by atoms with Crippen molar-refractivity contribution < 1.29 is 28.8 Å². The highest BCUT2D eigenvalue weighted by Crippen LogP contribution is 2.51. The van der Waals surface area contributed by atoms with Crippen LogP contribution in [0.2, 0.25) is 0 Å². The van der Waals surface area contributed by atoms with E-state index in [4.69, 9.17) is 0 Å². The summed E-state index contributed by atoms with van der Waals surface area (Å²) in [5, 5.41) is 18.3. The quantitative estimate of drug-likeness (QED) is 0.0361. The van der Waals surface area contributed by atoms with Gasteiger partial charge < -0.3 is 31.9 Å². The molecule has 95 heavy (non-hydrogen) atoms. The first-order valence-electron chi connectivity index (χ1n) is 32.5. The van der Waals surface area contributed by atoms with Crippen LogP contribution < -0.4 is 31.9 Å². The van der Waals surface area contributed by atoms with Crippen molar-refractivity contribution in [2.45, 2.75) is 85.0 Å². The molecule has 0 radical (unpaired) electrons. The first-order chi connectivity index (χ1) is 46.3. The van der Waals surface area contributed by atoms with Crippen molar-refractivity contribution in [2.24, 2.45) is 11.8 Å². The fourth-order valence-electron chi connectivity index (χ4n) is 12.4. The van der Waals surface area contributed by atoms with Crippen LogP contribution in [0.4, 0.5) is 0 Å². The van der Waals surface area contributed by atoms with E-state index in [0.29, 0.717) is 12.8 Å². The molecule has 0 spiro atoms. The third-order valence-electron chi connectivity index (χ3n) is 17.9. The van der Waals surface area contributed by atoms with Crippen molar-refractivity contribution in [2.75, 3.05) is 23.8 Å². The molecule has 9 aromatic rings. The Hall–Kier alpha value is -9.15. The third-order valence-corrected chi connectivity index (χ3v) is 22.9. The highest BCUT2D eigenvalue weighted by Gasteiger charge is 2.44. The average molecular weight is 1320 g/mol. The monoisotopic (exact) mass is 1320 g/mol. The lowest BCUT2D eigenvalue weighted by Gasteiger charge is -2.37. The molecule has 10 rings (SSSR count). The van der Waals surface area contributed by atoms with E-state index in [9.17, 15) is 4.79 Å². The van der Waals surface area contributed by atoms with Crippen molar-refractivity contribution in [3.05, 3.63) is 323 Å². The van der Waals surface area contributed by atoms with E-state index in [1.165, 1.54) is 35.3 Å². The van der Waals surface area contributed by atoms with Gasteiger partial charge in [-0.1, -0.05) is 314 Å². The number of carbonyl (C=O) groups is 6. The van der Waals surface area contributed by atoms with Gasteiger partial charge in [-0.05, 0) is 61.9 Å². The summed E-state index contributed by atoms with van der Waals surface area (Å²) in [6.07, 6.45) is 0.887. The molecule has 1 aliphatic rings. The van der Waals surface area contributed by atoms with Gasteiger partial charge in [0.25, 0.3) is 0 Å². The van der Waals surface area contributed by atoms with E-state index in [2.05, 4.69) is 68.3 Å². The fourth-order valence-corrected chi connectivity index (χ4v) is 17.1. The molecule has 1 heterocycles. The molecule has 1 aliphatic heterocycles. The van der Waals surface area contributed by atoms with E-state index in [1.54, 1.807) is 0 Å². The molecular formula is C80H82N6O6S3. The molecule has 9 aromatic carbocycles. The molecule has 0 unspecified atom stereocenters. The lowest BCUT2D eigenvalue weighted by molar-refractivity contribution is -0.136. The Morgan fingerprint density at radius 2 is 0.516 bits per heavy atom.